The lowest BCUT2D eigenvalue weighted by Crippen LogP contribution is -2.40. The Kier molecular flexibility index (Phi) is 5.26. The van der Waals surface area contributed by atoms with Crippen LogP contribution < -0.4 is 9.64 Å². The lowest BCUT2D eigenvalue weighted by atomic mass is 10.3. The van der Waals surface area contributed by atoms with Gasteiger partial charge in [-0.25, -0.2) is 0 Å². The zero-order valence-corrected chi connectivity index (χ0v) is 12.3. The van der Waals surface area contributed by atoms with Crippen molar-refractivity contribution < 1.29 is 14.2 Å². The Morgan fingerprint density at radius 2 is 1.80 bits per heavy atom. The van der Waals surface area contributed by atoms with Crippen molar-refractivity contribution in [3.63, 3.8) is 0 Å². The SMILES string of the molecule is COCCCN1C=CN(c2ccc(OC)cc2)C1OC. The number of benzene rings is 1. The third kappa shape index (κ3) is 3.23. The van der Waals surface area contributed by atoms with Gasteiger partial charge in [0.15, 0.2) is 0 Å². The molecule has 0 radical (unpaired) electrons. The molecule has 5 heteroatoms. The first-order valence-corrected chi connectivity index (χ1v) is 6.68. The molecule has 0 N–H and O–H groups in total. The molecule has 1 aromatic carbocycles. The highest BCUT2D eigenvalue weighted by atomic mass is 16.5. The van der Waals surface area contributed by atoms with Gasteiger partial charge in [0.05, 0.1) is 7.11 Å². The normalized spacial score (nSPS) is 17.9. The van der Waals surface area contributed by atoms with E-state index in [0.29, 0.717) is 0 Å². The van der Waals surface area contributed by atoms with Gasteiger partial charge in [0, 0.05) is 45.5 Å². The minimum Gasteiger partial charge on any atom is -0.497 e. The molecule has 110 valence electrons. The molecule has 0 spiro atoms. The average molecular weight is 278 g/mol. The molecule has 2 rings (SSSR count). The molecule has 5 nitrogen and oxygen atoms in total. The minimum absolute atomic E-state index is 0.111. The zero-order chi connectivity index (χ0) is 14.4. The molecular weight excluding hydrogens is 256 g/mol. The highest BCUT2D eigenvalue weighted by Gasteiger charge is 2.26. The number of nitrogens with zero attached hydrogens (tertiary/aromatic N) is 2. The van der Waals surface area contributed by atoms with Crippen LogP contribution in [-0.2, 0) is 9.47 Å². The van der Waals surface area contributed by atoms with E-state index in [1.54, 1.807) is 21.3 Å². The third-order valence-electron chi connectivity index (χ3n) is 3.29. The van der Waals surface area contributed by atoms with Crippen molar-refractivity contribution in [2.45, 2.75) is 12.8 Å². The smallest absolute Gasteiger partial charge is 0.213 e. The molecule has 1 aliphatic heterocycles. The van der Waals surface area contributed by atoms with Gasteiger partial charge >= 0.3 is 0 Å². The Balaban J connectivity index is 2.02. The van der Waals surface area contributed by atoms with Crippen molar-refractivity contribution in [3.8, 4) is 5.75 Å². The molecule has 0 fully saturated rings. The number of methoxy groups -OCH3 is 3. The van der Waals surface area contributed by atoms with Crippen LogP contribution in [0, 0.1) is 0 Å². The lowest BCUT2D eigenvalue weighted by Gasteiger charge is -2.31. The first kappa shape index (κ1) is 14.7. The second-order valence-electron chi connectivity index (χ2n) is 4.55. The molecule has 1 aliphatic rings. The summed E-state index contributed by atoms with van der Waals surface area (Å²) in [5, 5.41) is 0. The van der Waals surface area contributed by atoms with Crippen LogP contribution in [0.5, 0.6) is 5.75 Å². The number of hydrogen-bond donors (Lipinski definition) is 0. The topological polar surface area (TPSA) is 34.2 Å². The molecule has 0 aliphatic carbocycles. The monoisotopic (exact) mass is 278 g/mol. The molecule has 0 aromatic heterocycles. The third-order valence-corrected chi connectivity index (χ3v) is 3.29. The summed E-state index contributed by atoms with van der Waals surface area (Å²) in [5.41, 5.74) is 1.07. The summed E-state index contributed by atoms with van der Waals surface area (Å²) in [6.07, 6.45) is 4.94. The van der Waals surface area contributed by atoms with Crippen LogP contribution in [0.25, 0.3) is 0 Å². The quantitative estimate of drug-likeness (QED) is 0.715. The molecule has 0 saturated carbocycles. The molecule has 1 heterocycles. The standard InChI is InChI=1S/C15H22N2O3/c1-18-12-4-9-16-10-11-17(15(16)20-3)13-5-7-14(19-2)8-6-13/h5-8,10-11,15H,4,9,12H2,1-3H3. The maximum Gasteiger partial charge on any atom is 0.213 e. The van der Waals surface area contributed by atoms with Crippen LogP contribution in [0.2, 0.25) is 0 Å². The maximum atomic E-state index is 5.60. The largest absolute Gasteiger partial charge is 0.497 e. The summed E-state index contributed by atoms with van der Waals surface area (Å²) in [5.74, 6) is 0.850. The summed E-state index contributed by atoms with van der Waals surface area (Å²) < 4.78 is 15.9. The summed E-state index contributed by atoms with van der Waals surface area (Å²) in [7, 11) is 5.11. The van der Waals surface area contributed by atoms with Gasteiger partial charge in [-0.2, -0.15) is 0 Å². The summed E-state index contributed by atoms with van der Waals surface area (Å²) in [6, 6.07) is 7.94. The van der Waals surface area contributed by atoms with Crippen LogP contribution in [0.4, 0.5) is 5.69 Å². The maximum absolute atomic E-state index is 5.60. The summed E-state index contributed by atoms with van der Waals surface area (Å²) >= 11 is 0. The van der Waals surface area contributed by atoms with Crippen LogP contribution in [0.1, 0.15) is 6.42 Å². The van der Waals surface area contributed by atoms with Gasteiger partial charge < -0.3 is 24.0 Å². The Morgan fingerprint density at radius 3 is 2.40 bits per heavy atom. The Hall–Kier alpha value is -1.72. The van der Waals surface area contributed by atoms with Gasteiger partial charge in [-0.15, -0.1) is 0 Å². The van der Waals surface area contributed by atoms with Gasteiger partial charge in [-0.05, 0) is 30.7 Å². The molecule has 0 amide bonds. The van der Waals surface area contributed by atoms with Crippen LogP contribution >= 0.6 is 0 Å². The minimum atomic E-state index is -0.111. The van der Waals surface area contributed by atoms with E-state index in [1.807, 2.05) is 36.7 Å². The Morgan fingerprint density at radius 1 is 1.05 bits per heavy atom. The van der Waals surface area contributed by atoms with E-state index in [9.17, 15) is 0 Å². The second kappa shape index (κ2) is 7.17. The lowest BCUT2D eigenvalue weighted by molar-refractivity contribution is 0.00668. The van der Waals surface area contributed by atoms with E-state index in [4.69, 9.17) is 14.2 Å². The summed E-state index contributed by atoms with van der Waals surface area (Å²) in [6.45, 7) is 1.65. The van der Waals surface area contributed by atoms with E-state index < -0.39 is 0 Å². The Labute approximate surface area is 120 Å². The number of ether oxygens (including phenoxy) is 3. The predicted molar refractivity (Wildman–Crippen MR) is 78.6 cm³/mol. The fourth-order valence-corrected chi connectivity index (χ4v) is 2.26. The van der Waals surface area contributed by atoms with Crippen molar-refractivity contribution in [1.29, 1.82) is 0 Å². The molecule has 1 unspecified atom stereocenters. The number of anilines is 1. The average Bonchev–Trinajstić information content (AvgIpc) is 2.90. The van der Waals surface area contributed by atoms with E-state index in [2.05, 4.69) is 9.80 Å². The molecule has 1 aromatic rings. The highest BCUT2D eigenvalue weighted by molar-refractivity contribution is 5.53. The number of rotatable bonds is 7. The first-order chi connectivity index (χ1) is 9.80. The van der Waals surface area contributed by atoms with E-state index in [0.717, 1.165) is 31.0 Å². The van der Waals surface area contributed by atoms with E-state index in [-0.39, 0.29) is 6.35 Å². The van der Waals surface area contributed by atoms with Crippen molar-refractivity contribution in [2.75, 3.05) is 39.4 Å². The van der Waals surface area contributed by atoms with Crippen molar-refractivity contribution in [2.24, 2.45) is 0 Å². The number of hydrogen-bond acceptors (Lipinski definition) is 5. The fraction of sp³-hybridized carbons (Fsp3) is 0.467. The van der Waals surface area contributed by atoms with E-state index >= 15 is 0 Å². The second-order valence-corrected chi connectivity index (χ2v) is 4.55. The molecule has 20 heavy (non-hydrogen) atoms. The van der Waals surface area contributed by atoms with Gasteiger partial charge in [-0.1, -0.05) is 0 Å². The summed E-state index contributed by atoms with van der Waals surface area (Å²) in [4.78, 5) is 4.25. The zero-order valence-electron chi connectivity index (χ0n) is 12.3. The Bertz CT molecular complexity index is 433. The van der Waals surface area contributed by atoms with Gasteiger partial charge in [0.2, 0.25) is 6.35 Å². The van der Waals surface area contributed by atoms with E-state index in [1.165, 1.54) is 0 Å². The van der Waals surface area contributed by atoms with Crippen molar-refractivity contribution in [1.82, 2.24) is 4.90 Å². The van der Waals surface area contributed by atoms with Gasteiger partial charge in [0.25, 0.3) is 0 Å². The van der Waals surface area contributed by atoms with Crippen molar-refractivity contribution >= 4 is 5.69 Å². The van der Waals surface area contributed by atoms with Crippen LogP contribution in [0.3, 0.4) is 0 Å². The van der Waals surface area contributed by atoms with Gasteiger partial charge in [0.1, 0.15) is 5.75 Å². The molecule has 0 bridgehead atoms. The fourth-order valence-electron chi connectivity index (χ4n) is 2.26. The molecule has 0 saturated heterocycles. The van der Waals surface area contributed by atoms with Gasteiger partial charge in [-0.3, -0.25) is 0 Å². The molecular formula is C15H22N2O3. The predicted octanol–water partition coefficient (Wildman–Crippen LogP) is 2.25. The highest BCUT2D eigenvalue weighted by Crippen LogP contribution is 2.26. The first-order valence-electron chi connectivity index (χ1n) is 6.68. The molecule has 1 atom stereocenters. The van der Waals surface area contributed by atoms with Crippen LogP contribution in [0.15, 0.2) is 36.7 Å². The van der Waals surface area contributed by atoms with Crippen molar-refractivity contribution in [3.05, 3.63) is 36.7 Å². The van der Waals surface area contributed by atoms with Crippen LogP contribution in [-0.4, -0.2) is 45.7 Å².